The van der Waals surface area contributed by atoms with Crippen LogP contribution in [0.2, 0.25) is 0 Å². The normalized spacial score (nSPS) is 12.6. The van der Waals surface area contributed by atoms with Crippen molar-refractivity contribution >= 4 is 28.0 Å². The summed E-state index contributed by atoms with van der Waals surface area (Å²) in [4.78, 5) is 22.7. The van der Waals surface area contributed by atoms with E-state index in [-0.39, 0.29) is 6.42 Å². The molecule has 0 saturated carbocycles. The van der Waals surface area contributed by atoms with Crippen LogP contribution in [-0.4, -0.2) is 22.8 Å². The summed E-state index contributed by atoms with van der Waals surface area (Å²) in [5, 5.41) is 11.4. The number of amides is 1. The highest BCUT2D eigenvalue weighted by Crippen LogP contribution is 2.27. The van der Waals surface area contributed by atoms with Crippen molar-refractivity contribution in [2.75, 3.05) is 0 Å². The highest BCUT2D eigenvalue weighted by molar-refractivity contribution is 9.10. The van der Waals surface area contributed by atoms with E-state index in [0.29, 0.717) is 10.0 Å². The van der Waals surface area contributed by atoms with E-state index in [1.54, 1.807) is 20.8 Å². The molecule has 0 bridgehead atoms. The predicted octanol–water partition coefficient (Wildman–Crippen LogP) is 3.63. The fourth-order valence-electron chi connectivity index (χ4n) is 1.64. The maximum absolute atomic E-state index is 13.3. The molecule has 0 saturated heterocycles. The van der Waals surface area contributed by atoms with Gasteiger partial charge < -0.3 is 15.2 Å². The zero-order valence-electron chi connectivity index (χ0n) is 11.9. The fourth-order valence-corrected chi connectivity index (χ4v) is 2.17. The summed E-state index contributed by atoms with van der Waals surface area (Å²) in [6, 6.07) is 2.96. The lowest BCUT2D eigenvalue weighted by Gasteiger charge is -2.23. The summed E-state index contributed by atoms with van der Waals surface area (Å²) in [6.07, 6.45) is -1.15. The first-order valence-electron chi connectivity index (χ1n) is 6.25. The van der Waals surface area contributed by atoms with Gasteiger partial charge in [-0.1, -0.05) is 15.9 Å². The summed E-state index contributed by atoms with van der Waals surface area (Å²) >= 11 is 3.22. The van der Waals surface area contributed by atoms with Crippen LogP contribution in [0, 0.1) is 5.82 Å². The van der Waals surface area contributed by atoms with Crippen LogP contribution in [0.3, 0.4) is 0 Å². The Morgan fingerprint density at radius 2 is 2.05 bits per heavy atom. The Labute approximate surface area is 130 Å². The van der Waals surface area contributed by atoms with Crippen molar-refractivity contribution < 1.29 is 23.8 Å². The van der Waals surface area contributed by atoms with Crippen LogP contribution >= 0.6 is 15.9 Å². The molecule has 0 aliphatic heterocycles. The first-order valence-corrected chi connectivity index (χ1v) is 7.04. The van der Waals surface area contributed by atoms with E-state index in [1.807, 2.05) is 0 Å². The molecule has 0 unspecified atom stereocenters. The van der Waals surface area contributed by atoms with Gasteiger partial charge in [0.2, 0.25) is 0 Å². The molecule has 0 radical (unpaired) electrons. The number of halogens is 2. The topological polar surface area (TPSA) is 75.6 Å². The lowest BCUT2D eigenvalue weighted by molar-refractivity contribution is -0.137. The summed E-state index contributed by atoms with van der Waals surface area (Å²) in [5.41, 5.74) is -0.375. The molecule has 0 fully saturated rings. The van der Waals surface area contributed by atoms with Crippen molar-refractivity contribution in [3.8, 4) is 0 Å². The van der Waals surface area contributed by atoms with Crippen molar-refractivity contribution in [3.63, 3.8) is 0 Å². The molecular formula is C14H17BrFNO4. The molecule has 1 aromatic rings. The van der Waals surface area contributed by atoms with Gasteiger partial charge in [-0.05, 0) is 44.5 Å². The van der Waals surface area contributed by atoms with Crippen molar-refractivity contribution in [1.82, 2.24) is 5.32 Å². The number of aliphatic carboxylic acids is 1. The summed E-state index contributed by atoms with van der Waals surface area (Å²) < 4.78 is 18.9. The van der Waals surface area contributed by atoms with Crippen LogP contribution in [0.5, 0.6) is 0 Å². The predicted molar refractivity (Wildman–Crippen MR) is 78.5 cm³/mol. The first kappa shape index (κ1) is 17.4. The van der Waals surface area contributed by atoms with E-state index >= 15 is 0 Å². The molecule has 0 aromatic heterocycles. The molecule has 5 nitrogen and oxygen atoms in total. The van der Waals surface area contributed by atoms with Gasteiger partial charge in [-0.15, -0.1) is 0 Å². The van der Waals surface area contributed by atoms with Gasteiger partial charge in [0.25, 0.3) is 0 Å². The van der Waals surface area contributed by atoms with Crippen molar-refractivity contribution in [2.24, 2.45) is 0 Å². The highest BCUT2D eigenvalue weighted by atomic mass is 79.9. The molecule has 1 rings (SSSR count). The van der Waals surface area contributed by atoms with Crippen LogP contribution < -0.4 is 5.32 Å². The maximum Gasteiger partial charge on any atom is 0.408 e. The Morgan fingerprint density at radius 1 is 1.43 bits per heavy atom. The summed E-state index contributed by atoms with van der Waals surface area (Å²) in [5.74, 6) is -1.64. The van der Waals surface area contributed by atoms with Gasteiger partial charge in [-0.2, -0.15) is 0 Å². The standard InChI is InChI=1S/C14H17BrFNO4/c1-14(2,3)21-13(20)17-11(7-12(18)19)9-6-8(16)4-5-10(9)15/h4-6,11H,7H2,1-3H3,(H,17,20)(H,18,19)/t11-/m0/s1. The Balaban J connectivity index is 2.98. The third kappa shape index (κ3) is 6.12. The number of carbonyl (C=O) groups excluding carboxylic acids is 1. The van der Waals surface area contributed by atoms with Crippen LogP contribution in [0.15, 0.2) is 22.7 Å². The molecule has 2 N–H and O–H groups in total. The third-order valence-corrected chi connectivity index (χ3v) is 3.13. The Morgan fingerprint density at radius 3 is 2.57 bits per heavy atom. The largest absolute Gasteiger partial charge is 0.481 e. The van der Waals surface area contributed by atoms with Crippen LogP contribution in [0.4, 0.5) is 9.18 Å². The van der Waals surface area contributed by atoms with E-state index in [0.717, 1.165) is 0 Å². The van der Waals surface area contributed by atoms with Gasteiger partial charge in [0.1, 0.15) is 11.4 Å². The number of alkyl carbamates (subject to hydrolysis) is 1. The number of carboxylic acids is 1. The average Bonchev–Trinajstić information content (AvgIpc) is 2.28. The molecule has 0 spiro atoms. The Bertz CT molecular complexity index is 542. The summed E-state index contributed by atoms with van der Waals surface area (Å²) in [7, 11) is 0. The highest BCUT2D eigenvalue weighted by Gasteiger charge is 2.24. The maximum atomic E-state index is 13.3. The van der Waals surface area contributed by atoms with E-state index in [4.69, 9.17) is 9.84 Å². The molecule has 0 aliphatic rings. The van der Waals surface area contributed by atoms with Gasteiger partial charge in [0.05, 0.1) is 12.5 Å². The minimum atomic E-state index is -1.12. The minimum Gasteiger partial charge on any atom is -0.481 e. The van der Waals surface area contributed by atoms with Gasteiger partial charge in [0.15, 0.2) is 0 Å². The molecule has 1 atom stereocenters. The van der Waals surface area contributed by atoms with Crippen molar-refractivity contribution in [3.05, 3.63) is 34.1 Å². The molecule has 21 heavy (non-hydrogen) atoms. The molecular weight excluding hydrogens is 345 g/mol. The molecule has 116 valence electrons. The zero-order chi connectivity index (χ0) is 16.2. The van der Waals surface area contributed by atoms with Crippen LogP contribution in [0.25, 0.3) is 0 Å². The third-order valence-electron chi connectivity index (χ3n) is 2.40. The van der Waals surface area contributed by atoms with E-state index in [2.05, 4.69) is 21.2 Å². The van der Waals surface area contributed by atoms with Crippen LogP contribution in [0.1, 0.15) is 38.8 Å². The SMILES string of the molecule is CC(C)(C)OC(=O)N[C@@H](CC(=O)O)c1cc(F)ccc1Br. The second kappa shape index (κ2) is 6.89. The number of carbonyl (C=O) groups is 2. The smallest absolute Gasteiger partial charge is 0.408 e. The van der Waals surface area contributed by atoms with Gasteiger partial charge in [-0.25, -0.2) is 9.18 Å². The molecule has 0 aliphatic carbocycles. The van der Waals surface area contributed by atoms with E-state index < -0.39 is 29.5 Å². The second-order valence-corrected chi connectivity index (χ2v) is 6.32. The molecule has 1 amide bonds. The minimum absolute atomic E-state index is 0.336. The number of nitrogens with one attached hydrogen (secondary N) is 1. The van der Waals surface area contributed by atoms with E-state index in [1.165, 1.54) is 18.2 Å². The lowest BCUT2D eigenvalue weighted by Crippen LogP contribution is -2.36. The number of hydrogen-bond acceptors (Lipinski definition) is 3. The molecule has 1 aromatic carbocycles. The molecule has 0 heterocycles. The zero-order valence-corrected chi connectivity index (χ0v) is 13.5. The van der Waals surface area contributed by atoms with E-state index in [9.17, 15) is 14.0 Å². The number of rotatable bonds is 4. The van der Waals surface area contributed by atoms with Crippen LogP contribution in [-0.2, 0) is 9.53 Å². The van der Waals surface area contributed by atoms with Gasteiger partial charge in [0, 0.05) is 4.47 Å². The second-order valence-electron chi connectivity index (χ2n) is 5.46. The molecule has 7 heteroatoms. The van der Waals surface area contributed by atoms with Crippen molar-refractivity contribution in [2.45, 2.75) is 38.8 Å². The first-order chi connectivity index (χ1) is 9.58. The van der Waals surface area contributed by atoms with Crippen molar-refractivity contribution in [1.29, 1.82) is 0 Å². The van der Waals surface area contributed by atoms with Gasteiger partial charge >= 0.3 is 12.1 Å². The Hall–Kier alpha value is -1.63. The fraction of sp³-hybridized carbons (Fsp3) is 0.429. The quantitative estimate of drug-likeness (QED) is 0.858. The number of ether oxygens (including phenoxy) is 1. The number of hydrogen-bond donors (Lipinski definition) is 2. The monoisotopic (exact) mass is 361 g/mol. The van der Waals surface area contributed by atoms with Gasteiger partial charge in [-0.3, -0.25) is 4.79 Å². The Kier molecular flexibility index (Phi) is 5.71. The number of benzene rings is 1. The summed E-state index contributed by atoms with van der Waals surface area (Å²) in [6.45, 7) is 5.07. The lowest BCUT2D eigenvalue weighted by atomic mass is 10.0. The number of carboxylic acid groups (broad SMARTS) is 1. The average molecular weight is 362 g/mol.